The number of rotatable bonds is 3. The molecular weight excluding hydrogens is 344 g/mol. The number of benzene rings is 1. The monoisotopic (exact) mass is 364 g/mol. The summed E-state index contributed by atoms with van der Waals surface area (Å²) >= 11 is 0. The molecule has 6 heteroatoms. The van der Waals surface area contributed by atoms with E-state index in [1.165, 1.54) is 6.07 Å². The van der Waals surface area contributed by atoms with E-state index in [2.05, 4.69) is 4.98 Å². The lowest BCUT2D eigenvalue weighted by atomic mass is 10.1. The first-order valence-corrected chi connectivity index (χ1v) is 9.02. The number of carbonyl (C=O) groups is 1. The van der Waals surface area contributed by atoms with Gasteiger partial charge in [-0.1, -0.05) is 24.3 Å². The molecule has 138 valence electrons. The van der Waals surface area contributed by atoms with E-state index in [1.54, 1.807) is 19.1 Å². The van der Waals surface area contributed by atoms with Crippen molar-refractivity contribution in [3.05, 3.63) is 70.4 Å². The summed E-state index contributed by atoms with van der Waals surface area (Å²) in [5.74, 6) is 0.979. The molecule has 27 heavy (non-hydrogen) atoms. The number of piperidine rings is 1. The number of ether oxygens (including phenoxy) is 1. The normalized spacial score (nSPS) is 15.1. The first kappa shape index (κ1) is 17.3. The van der Waals surface area contributed by atoms with Gasteiger partial charge in [0.2, 0.25) is 0 Å². The Balaban J connectivity index is 1.40. The number of amides is 1. The minimum absolute atomic E-state index is 0.0280. The zero-order valence-corrected chi connectivity index (χ0v) is 15.1. The predicted molar refractivity (Wildman–Crippen MR) is 101 cm³/mol. The number of likely N-dealkylation sites (tertiary alicyclic amines) is 1. The molecule has 1 aliphatic heterocycles. The van der Waals surface area contributed by atoms with Crippen LogP contribution in [-0.4, -0.2) is 35.0 Å². The summed E-state index contributed by atoms with van der Waals surface area (Å²) in [5.41, 5.74) is 0.865. The third-order valence-electron chi connectivity index (χ3n) is 4.72. The fraction of sp³-hybridized carbons (Fsp3) is 0.286. The summed E-state index contributed by atoms with van der Waals surface area (Å²) in [5, 5.41) is 1.02. The standard InChI is InChI=1S/C21H20N2O4/c1-14-12-17(13-20(24)26-14)27-16-8-10-23(11-9-16)21(25)19-7-6-15-4-2-3-5-18(15)22-19/h2-7,12-13,16H,8-11H2,1H3. The molecule has 0 atom stereocenters. The molecule has 0 spiro atoms. The lowest BCUT2D eigenvalue weighted by Gasteiger charge is -2.32. The highest BCUT2D eigenvalue weighted by atomic mass is 16.5. The van der Waals surface area contributed by atoms with Gasteiger partial charge >= 0.3 is 5.63 Å². The summed E-state index contributed by atoms with van der Waals surface area (Å²) < 4.78 is 10.8. The molecule has 1 aliphatic rings. The number of pyridine rings is 1. The van der Waals surface area contributed by atoms with Gasteiger partial charge in [0.1, 0.15) is 23.3 Å². The van der Waals surface area contributed by atoms with Crippen LogP contribution in [0.1, 0.15) is 29.1 Å². The van der Waals surface area contributed by atoms with E-state index in [0.29, 0.717) is 43.1 Å². The number of aryl methyl sites for hydroxylation is 1. The molecule has 0 aliphatic carbocycles. The summed E-state index contributed by atoms with van der Waals surface area (Å²) in [4.78, 5) is 30.5. The van der Waals surface area contributed by atoms with Crippen LogP contribution in [0.15, 0.2) is 57.7 Å². The van der Waals surface area contributed by atoms with Crippen molar-refractivity contribution in [2.24, 2.45) is 0 Å². The highest BCUT2D eigenvalue weighted by molar-refractivity contribution is 5.94. The molecule has 1 amide bonds. The van der Waals surface area contributed by atoms with E-state index in [0.717, 1.165) is 10.9 Å². The van der Waals surface area contributed by atoms with Gasteiger partial charge in [0.25, 0.3) is 5.91 Å². The molecule has 0 unspecified atom stereocenters. The maximum absolute atomic E-state index is 12.8. The average molecular weight is 364 g/mol. The smallest absolute Gasteiger partial charge is 0.339 e. The molecule has 2 aromatic heterocycles. The molecule has 3 aromatic rings. The SMILES string of the molecule is Cc1cc(OC2CCN(C(=O)c3ccc4ccccc4n3)CC2)cc(=O)o1. The van der Waals surface area contributed by atoms with Crippen LogP contribution >= 0.6 is 0 Å². The van der Waals surface area contributed by atoms with Gasteiger partial charge in [-0.2, -0.15) is 0 Å². The quantitative estimate of drug-likeness (QED) is 0.714. The second-order valence-corrected chi connectivity index (χ2v) is 6.72. The van der Waals surface area contributed by atoms with Gasteiger partial charge in [-0.3, -0.25) is 4.79 Å². The van der Waals surface area contributed by atoms with E-state index >= 15 is 0 Å². The largest absolute Gasteiger partial charge is 0.490 e. The number of carbonyl (C=O) groups excluding carboxylic acids is 1. The Hall–Kier alpha value is -3.15. The van der Waals surface area contributed by atoms with Gasteiger partial charge in [-0.15, -0.1) is 0 Å². The summed E-state index contributed by atoms with van der Waals surface area (Å²) in [6.45, 7) is 2.91. The van der Waals surface area contributed by atoms with Gasteiger partial charge in [0.05, 0.1) is 11.6 Å². The van der Waals surface area contributed by atoms with Gasteiger partial charge in [-0.05, 0) is 19.1 Å². The number of para-hydroxylation sites is 1. The minimum atomic E-state index is -0.417. The predicted octanol–water partition coefficient (Wildman–Crippen LogP) is 3.18. The van der Waals surface area contributed by atoms with Crippen molar-refractivity contribution >= 4 is 16.8 Å². The van der Waals surface area contributed by atoms with Gasteiger partial charge in [0.15, 0.2) is 0 Å². The van der Waals surface area contributed by atoms with Crippen molar-refractivity contribution in [1.29, 1.82) is 0 Å². The van der Waals surface area contributed by atoms with E-state index in [1.807, 2.05) is 35.2 Å². The molecule has 1 saturated heterocycles. The third-order valence-corrected chi connectivity index (χ3v) is 4.72. The Bertz CT molecular complexity index is 1040. The van der Waals surface area contributed by atoms with Gasteiger partial charge < -0.3 is 14.1 Å². The summed E-state index contributed by atoms with van der Waals surface area (Å²) in [6, 6.07) is 14.5. The van der Waals surface area contributed by atoms with Crippen LogP contribution in [-0.2, 0) is 0 Å². The average Bonchev–Trinajstić information content (AvgIpc) is 2.67. The van der Waals surface area contributed by atoms with Crippen molar-refractivity contribution in [3.63, 3.8) is 0 Å². The van der Waals surface area contributed by atoms with Crippen molar-refractivity contribution < 1.29 is 13.9 Å². The fourth-order valence-electron chi connectivity index (χ4n) is 3.36. The Labute approximate surface area is 156 Å². The van der Waals surface area contributed by atoms with E-state index in [4.69, 9.17) is 9.15 Å². The molecule has 1 aromatic carbocycles. The summed E-state index contributed by atoms with van der Waals surface area (Å²) in [6.07, 6.45) is 1.39. The Morgan fingerprint density at radius 1 is 1.15 bits per heavy atom. The van der Waals surface area contributed by atoms with Crippen molar-refractivity contribution in [2.75, 3.05) is 13.1 Å². The van der Waals surface area contributed by atoms with Crippen molar-refractivity contribution in [3.8, 4) is 5.75 Å². The number of hydrogen-bond acceptors (Lipinski definition) is 5. The van der Waals surface area contributed by atoms with E-state index in [9.17, 15) is 9.59 Å². The number of hydrogen-bond donors (Lipinski definition) is 0. The Morgan fingerprint density at radius 3 is 2.70 bits per heavy atom. The molecule has 0 saturated carbocycles. The molecule has 6 nitrogen and oxygen atoms in total. The highest BCUT2D eigenvalue weighted by Gasteiger charge is 2.25. The second-order valence-electron chi connectivity index (χ2n) is 6.72. The number of fused-ring (bicyclic) bond motifs is 1. The van der Waals surface area contributed by atoms with Crippen LogP contribution in [0.25, 0.3) is 10.9 Å². The van der Waals surface area contributed by atoms with Gasteiger partial charge in [0, 0.05) is 37.4 Å². The third kappa shape index (κ3) is 3.84. The second kappa shape index (κ2) is 7.23. The van der Waals surface area contributed by atoms with Gasteiger partial charge in [-0.25, -0.2) is 9.78 Å². The molecule has 0 radical (unpaired) electrons. The lowest BCUT2D eigenvalue weighted by Crippen LogP contribution is -2.42. The zero-order valence-electron chi connectivity index (χ0n) is 15.1. The van der Waals surface area contributed by atoms with Crippen LogP contribution in [0.3, 0.4) is 0 Å². The molecule has 4 rings (SSSR count). The van der Waals surface area contributed by atoms with Crippen molar-refractivity contribution in [1.82, 2.24) is 9.88 Å². The highest BCUT2D eigenvalue weighted by Crippen LogP contribution is 2.20. The van der Waals surface area contributed by atoms with Crippen molar-refractivity contribution in [2.45, 2.75) is 25.9 Å². The fourth-order valence-corrected chi connectivity index (χ4v) is 3.36. The molecular formula is C21H20N2O4. The summed E-state index contributed by atoms with van der Waals surface area (Å²) in [7, 11) is 0. The lowest BCUT2D eigenvalue weighted by molar-refractivity contribution is 0.0589. The number of nitrogens with zero attached hydrogens (tertiary/aromatic N) is 2. The maximum Gasteiger partial charge on any atom is 0.339 e. The topological polar surface area (TPSA) is 72.6 Å². The number of aromatic nitrogens is 1. The molecule has 0 N–H and O–H groups in total. The molecule has 0 bridgehead atoms. The Kier molecular flexibility index (Phi) is 4.62. The Morgan fingerprint density at radius 2 is 1.93 bits per heavy atom. The van der Waals surface area contributed by atoms with Crippen LogP contribution in [0.2, 0.25) is 0 Å². The molecule has 3 heterocycles. The first-order valence-electron chi connectivity index (χ1n) is 9.02. The maximum atomic E-state index is 12.8. The van der Waals surface area contributed by atoms with Crippen LogP contribution in [0.4, 0.5) is 0 Å². The van der Waals surface area contributed by atoms with E-state index < -0.39 is 5.63 Å². The molecule has 1 fully saturated rings. The zero-order chi connectivity index (χ0) is 18.8. The van der Waals surface area contributed by atoms with Crippen LogP contribution < -0.4 is 10.4 Å². The van der Waals surface area contributed by atoms with Crippen LogP contribution in [0.5, 0.6) is 5.75 Å². The minimum Gasteiger partial charge on any atom is -0.490 e. The first-order chi connectivity index (χ1) is 13.1. The van der Waals surface area contributed by atoms with Crippen LogP contribution in [0, 0.1) is 6.92 Å². The van der Waals surface area contributed by atoms with E-state index in [-0.39, 0.29) is 12.0 Å².